The van der Waals surface area contributed by atoms with Crippen LogP contribution in [0.3, 0.4) is 0 Å². The van der Waals surface area contributed by atoms with E-state index in [0.717, 1.165) is 70.4 Å². The van der Waals surface area contributed by atoms with Gasteiger partial charge >= 0.3 is 5.97 Å². The van der Waals surface area contributed by atoms with Gasteiger partial charge in [-0.1, -0.05) is 36.8 Å². The maximum atomic E-state index is 14.5. The molecule has 0 amide bonds. The van der Waals surface area contributed by atoms with E-state index < -0.39 is 5.54 Å². The highest BCUT2D eigenvalue weighted by molar-refractivity contribution is 5.69. The van der Waals surface area contributed by atoms with Crippen LogP contribution in [0.4, 0.5) is 10.1 Å². The summed E-state index contributed by atoms with van der Waals surface area (Å²) >= 11 is 0. The van der Waals surface area contributed by atoms with Crippen molar-refractivity contribution in [1.82, 2.24) is 4.90 Å². The molecule has 0 spiro atoms. The minimum absolute atomic E-state index is 0.106. The number of esters is 1. The van der Waals surface area contributed by atoms with Gasteiger partial charge in [-0.15, -0.1) is 0 Å². The zero-order chi connectivity index (χ0) is 26.7. The lowest BCUT2D eigenvalue weighted by molar-refractivity contribution is -0.152. The number of halogens is 1. The first kappa shape index (κ1) is 26.7. The summed E-state index contributed by atoms with van der Waals surface area (Å²) < 4.78 is 20.4. The molecule has 5 nitrogen and oxygen atoms in total. The zero-order valence-electron chi connectivity index (χ0n) is 22.7. The van der Waals surface area contributed by atoms with Gasteiger partial charge in [0.2, 0.25) is 0 Å². The predicted octanol–water partition coefficient (Wildman–Crippen LogP) is 6.22. The minimum atomic E-state index is -0.873. The van der Waals surface area contributed by atoms with E-state index in [1.165, 1.54) is 17.3 Å². The number of ether oxygens (including phenoxy) is 1. The second-order valence-corrected chi connectivity index (χ2v) is 11.5. The summed E-state index contributed by atoms with van der Waals surface area (Å²) in [6, 6.07) is 15.4. The smallest absolute Gasteiger partial charge is 0.305 e. The van der Waals surface area contributed by atoms with Gasteiger partial charge in [0.1, 0.15) is 11.9 Å². The third kappa shape index (κ3) is 5.31. The molecule has 6 heteroatoms. The van der Waals surface area contributed by atoms with Gasteiger partial charge in [0.05, 0.1) is 5.92 Å². The molecule has 0 radical (unpaired) electrons. The molecular weight excluding hydrogens is 477 g/mol. The van der Waals surface area contributed by atoms with Crippen molar-refractivity contribution in [2.24, 2.45) is 17.8 Å². The van der Waals surface area contributed by atoms with Gasteiger partial charge in [-0.2, -0.15) is 0 Å². The number of anilines is 1. The quantitative estimate of drug-likeness (QED) is 0.308. The first-order chi connectivity index (χ1) is 18.4. The van der Waals surface area contributed by atoms with Gasteiger partial charge in [0, 0.05) is 49.1 Å². The fourth-order valence-electron chi connectivity index (χ4n) is 7.12. The average Bonchev–Trinajstić information content (AvgIpc) is 3.36. The molecule has 2 aromatic rings. The van der Waals surface area contributed by atoms with Crippen LogP contribution < -0.4 is 4.90 Å². The number of nitrogens with zero attached hydrogens (tertiary/aromatic N) is 3. The molecule has 3 fully saturated rings. The van der Waals surface area contributed by atoms with E-state index >= 15 is 0 Å². The summed E-state index contributed by atoms with van der Waals surface area (Å²) in [7, 11) is 0. The summed E-state index contributed by atoms with van der Waals surface area (Å²) in [4.78, 5) is 21.6. The number of aryl methyl sites for hydroxylation is 1. The Hall–Kier alpha value is -2.91. The van der Waals surface area contributed by atoms with Crippen molar-refractivity contribution in [1.29, 1.82) is 0 Å². The van der Waals surface area contributed by atoms with Crippen molar-refractivity contribution >= 4 is 11.7 Å². The van der Waals surface area contributed by atoms with Crippen LogP contribution in [0.1, 0.15) is 56.6 Å². The van der Waals surface area contributed by atoms with Crippen molar-refractivity contribution in [3.63, 3.8) is 0 Å². The van der Waals surface area contributed by atoms with Crippen molar-refractivity contribution in [3.8, 4) is 0 Å². The Balaban J connectivity index is 1.27. The first-order valence-electron chi connectivity index (χ1n) is 14.3. The molecule has 3 atom stereocenters. The molecule has 0 aromatic heterocycles. The topological polar surface area (TPSA) is 37.1 Å². The minimum Gasteiger partial charge on any atom is -0.462 e. The fraction of sp³-hybridized carbons (Fsp3) is 0.562. The molecule has 2 aliphatic heterocycles. The largest absolute Gasteiger partial charge is 0.462 e. The molecule has 2 saturated heterocycles. The van der Waals surface area contributed by atoms with Crippen LogP contribution in [0, 0.1) is 37.1 Å². The molecule has 202 valence electrons. The van der Waals surface area contributed by atoms with Crippen LogP contribution in [0.15, 0.2) is 48.5 Å². The lowest BCUT2D eigenvalue weighted by Crippen LogP contribution is -2.54. The second-order valence-electron chi connectivity index (χ2n) is 11.5. The van der Waals surface area contributed by atoms with E-state index in [4.69, 9.17) is 11.3 Å². The van der Waals surface area contributed by atoms with Gasteiger partial charge in [-0.05, 0) is 76.4 Å². The monoisotopic (exact) mass is 517 g/mol. The number of likely N-dealkylation sites (tertiary alicyclic amines) is 1. The summed E-state index contributed by atoms with van der Waals surface area (Å²) in [6.07, 6.45) is 4.39. The molecule has 1 aliphatic carbocycles. The molecule has 0 bridgehead atoms. The number of carbonyl (C=O) groups excluding carboxylic acids is 1. The Labute approximate surface area is 226 Å². The number of rotatable bonds is 8. The van der Waals surface area contributed by atoms with Gasteiger partial charge in [-0.3, -0.25) is 4.79 Å². The number of carbonyl (C=O) groups is 1. The Morgan fingerprint density at radius 3 is 2.50 bits per heavy atom. The molecule has 3 aliphatic rings. The van der Waals surface area contributed by atoms with Crippen LogP contribution in [0.25, 0.3) is 4.85 Å². The predicted molar refractivity (Wildman–Crippen MR) is 148 cm³/mol. The highest BCUT2D eigenvalue weighted by Crippen LogP contribution is 2.52. The van der Waals surface area contributed by atoms with E-state index in [9.17, 15) is 9.18 Å². The van der Waals surface area contributed by atoms with Crippen molar-refractivity contribution in [3.05, 3.63) is 76.9 Å². The molecule has 3 unspecified atom stereocenters. The summed E-state index contributed by atoms with van der Waals surface area (Å²) in [5, 5.41) is 0. The number of benzene rings is 2. The maximum Gasteiger partial charge on any atom is 0.305 e. The molecule has 2 aromatic carbocycles. The Morgan fingerprint density at radius 2 is 1.84 bits per heavy atom. The number of hydrogen-bond acceptors (Lipinski definition) is 4. The molecule has 2 heterocycles. The Kier molecular flexibility index (Phi) is 8.04. The summed E-state index contributed by atoms with van der Waals surface area (Å²) in [5.74, 6) is 0.138. The Morgan fingerprint density at radius 1 is 1.11 bits per heavy atom. The molecule has 5 rings (SSSR count). The summed E-state index contributed by atoms with van der Waals surface area (Å²) in [6.45, 7) is 17.6. The Bertz CT molecular complexity index is 1150. The highest BCUT2D eigenvalue weighted by atomic mass is 19.1. The SMILES string of the molecule is [C-]#[N+]C(c1cccc(F)c1)(C1CCN(CC2CN(c3ccc(C)cc3)C2)CC1)C1CCCC1OC(=O)CC. The molecule has 1 saturated carbocycles. The van der Waals surface area contributed by atoms with Gasteiger partial charge in [-0.25, -0.2) is 11.0 Å². The van der Waals surface area contributed by atoms with E-state index in [1.54, 1.807) is 19.1 Å². The van der Waals surface area contributed by atoms with Crippen molar-refractivity contribution in [2.45, 2.75) is 64.0 Å². The zero-order valence-corrected chi connectivity index (χ0v) is 22.7. The lowest BCUT2D eigenvalue weighted by Gasteiger charge is -2.46. The standard InChI is InChI=1S/C32H40FN3O2/c1-4-31(37)38-30-10-6-9-29(30)32(34-3,26-7-5-8-27(33)19-26)25-15-17-35(18-16-25)20-24-21-36(22-24)28-13-11-23(2)12-14-28/h5,7-8,11-14,19,24-25,29-30H,4,6,9-10,15-18,20-22H2,1-2H3. The van der Waals surface area contributed by atoms with Gasteiger partial charge in [0.25, 0.3) is 5.54 Å². The molecule has 38 heavy (non-hydrogen) atoms. The number of piperidine rings is 1. The third-order valence-electron chi connectivity index (χ3n) is 9.14. The van der Waals surface area contributed by atoms with Gasteiger partial charge < -0.3 is 19.4 Å². The van der Waals surface area contributed by atoms with E-state index in [2.05, 4.69) is 45.8 Å². The van der Waals surface area contributed by atoms with Crippen LogP contribution in [0.5, 0.6) is 0 Å². The van der Waals surface area contributed by atoms with Crippen LogP contribution in [-0.2, 0) is 15.1 Å². The third-order valence-corrected chi connectivity index (χ3v) is 9.14. The van der Waals surface area contributed by atoms with Gasteiger partial charge in [0.15, 0.2) is 0 Å². The first-order valence-corrected chi connectivity index (χ1v) is 14.3. The van der Waals surface area contributed by atoms with E-state index in [0.29, 0.717) is 12.3 Å². The number of hydrogen-bond donors (Lipinski definition) is 0. The summed E-state index contributed by atoms with van der Waals surface area (Å²) in [5.41, 5.74) is 2.47. The van der Waals surface area contributed by atoms with E-state index in [-0.39, 0.29) is 29.7 Å². The molecule has 0 N–H and O–H groups in total. The average molecular weight is 518 g/mol. The van der Waals surface area contributed by atoms with Crippen LogP contribution in [0.2, 0.25) is 0 Å². The fourth-order valence-corrected chi connectivity index (χ4v) is 7.12. The second kappa shape index (κ2) is 11.5. The normalized spacial score (nSPS) is 24.4. The van der Waals surface area contributed by atoms with Crippen LogP contribution >= 0.6 is 0 Å². The van der Waals surface area contributed by atoms with Crippen LogP contribution in [-0.4, -0.2) is 49.7 Å². The van der Waals surface area contributed by atoms with Crippen molar-refractivity contribution in [2.75, 3.05) is 37.6 Å². The van der Waals surface area contributed by atoms with E-state index in [1.807, 2.05) is 6.07 Å². The maximum absolute atomic E-state index is 14.5. The molecular formula is C32H40FN3O2. The lowest BCUT2D eigenvalue weighted by atomic mass is 9.65. The van der Waals surface area contributed by atoms with Crippen molar-refractivity contribution < 1.29 is 13.9 Å². The highest BCUT2D eigenvalue weighted by Gasteiger charge is 2.58.